The quantitative estimate of drug-likeness (QED) is 0.365. The zero-order chi connectivity index (χ0) is 13.8. The fourth-order valence-electron chi connectivity index (χ4n) is 1.61. The fourth-order valence-corrected chi connectivity index (χ4v) is 1.61. The molecular formula is C10H16N8O. The molecule has 0 aromatic carbocycles. The van der Waals surface area contributed by atoms with Crippen LogP contribution in [0.5, 0.6) is 0 Å². The van der Waals surface area contributed by atoms with E-state index < -0.39 is 6.04 Å². The van der Waals surface area contributed by atoms with Gasteiger partial charge in [0.1, 0.15) is 11.9 Å². The lowest BCUT2D eigenvalue weighted by molar-refractivity contribution is -0.121. The van der Waals surface area contributed by atoms with Gasteiger partial charge in [-0.2, -0.15) is 15.1 Å². The van der Waals surface area contributed by atoms with Crippen LogP contribution in [0.3, 0.4) is 0 Å². The molecule has 0 spiro atoms. The van der Waals surface area contributed by atoms with E-state index >= 15 is 0 Å². The van der Waals surface area contributed by atoms with E-state index in [1.807, 2.05) is 6.92 Å². The Bertz CT molecular complexity index is 580. The van der Waals surface area contributed by atoms with Crippen LogP contribution in [-0.4, -0.2) is 38.7 Å². The first-order valence-corrected chi connectivity index (χ1v) is 5.87. The van der Waals surface area contributed by atoms with Gasteiger partial charge in [-0.1, -0.05) is 0 Å². The highest BCUT2D eigenvalue weighted by Gasteiger charge is 2.15. The van der Waals surface area contributed by atoms with Gasteiger partial charge >= 0.3 is 0 Å². The van der Waals surface area contributed by atoms with Gasteiger partial charge in [-0.15, -0.1) is 0 Å². The predicted molar refractivity (Wildman–Crippen MR) is 71.3 cm³/mol. The van der Waals surface area contributed by atoms with Crippen molar-refractivity contribution in [3.8, 4) is 0 Å². The molecule has 9 heteroatoms. The second kappa shape index (κ2) is 5.48. The predicted octanol–water partition coefficient (Wildman–Crippen LogP) is -0.425. The first kappa shape index (κ1) is 13.0. The van der Waals surface area contributed by atoms with E-state index in [0.29, 0.717) is 23.4 Å². The average Bonchev–Trinajstić information content (AvgIpc) is 2.87. The Balaban J connectivity index is 2.28. The Kier molecular flexibility index (Phi) is 3.76. The molecule has 0 aliphatic carbocycles. The zero-order valence-corrected chi connectivity index (χ0v) is 10.7. The highest BCUT2D eigenvalue weighted by molar-refractivity contribution is 5.90. The molecule has 19 heavy (non-hydrogen) atoms. The van der Waals surface area contributed by atoms with Crippen LogP contribution in [0.1, 0.15) is 13.8 Å². The van der Waals surface area contributed by atoms with Gasteiger partial charge in [-0.05, 0) is 13.8 Å². The van der Waals surface area contributed by atoms with Gasteiger partial charge in [-0.3, -0.25) is 15.3 Å². The molecule has 2 rings (SSSR count). The number of fused-ring (bicyclic) bond motifs is 1. The Hall–Kier alpha value is -2.42. The molecule has 1 atom stereocenters. The molecule has 2 heterocycles. The molecular weight excluding hydrogens is 248 g/mol. The number of carbonyl (C=O) groups excluding carboxylic acids is 1. The molecule has 0 fully saturated rings. The van der Waals surface area contributed by atoms with E-state index in [0.717, 1.165) is 0 Å². The lowest BCUT2D eigenvalue weighted by Gasteiger charge is -2.14. The molecule has 0 saturated heterocycles. The minimum atomic E-state index is -0.432. The van der Waals surface area contributed by atoms with Gasteiger partial charge in [0.25, 0.3) is 0 Å². The number of H-pyrrole nitrogens is 1. The van der Waals surface area contributed by atoms with Crippen LogP contribution in [0, 0.1) is 0 Å². The van der Waals surface area contributed by atoms with E-state index in [1.165, 1.54) is 0 Å². The highest BCUT2D eigenvalue weighted by atomic mass is 16.2. The van der Waals surface area contributed by atoms with Crippen LogP contribution in [-0.2, 0) is 4.79 Å². The number of hydrogen-bond acceptors (Lipinski definition) is 7. The van der Waals surface area contributed by atoms with E-state index in [4.69, 9.17) is 5.84 Å². The van der Waals surface area contributed by atoms with E-state index in [1.54, 1.807) is 13.1 Å². The summed E-state index contributed by atoms with van der Waals surface area (Å²) >= 11 is 0. The molecule has 9 nitrogen and oxygen atoms in total. The maximum absolute atomic E-state index is 11.7. The summed E-state index contributed by atoms with van der Waals surface area (Å²) in [6, 6.07) is -0.432. The number of hydrazine groups is 1. The number of nitrogens with zero attached hydrogens (tertiary/aromatic N) is 3. The summed E-state index contributed by atoms with van der Waals surface area (Å²) in [5.41, 5.74) is 2.90. The SMILES string of the molecule is CCNC(=O)C(C)Nc1nc(NN)nc2[nH]ncc12. The van der Waals surface area contributed by atoms with Gasteiger partial charge in [0, 0.05) is 6.54 Å². The van der Waals surface area contributed by atoms with Crippen LogP contribution >= 0.6 is 0 Å². The Labute approximate surface area is 109 Å². The normalized spacial score (nSPS) is 12.2. The minimum Gasteiger partial charge on any atom is -0.358 e. The molecule has 0 saturated carbocycles. The van der Waals surface area contributed by atoms with Crippen molar-refractivity contribution in [2.24, 2.45) is 5.84 Å². The van der Waals surface area contributed by atoms with Crippen molar-refractivity contribution in [1.82, 2.24) is 25.5 Å². The Morgan fingerprint density at radius 2 is 2.32 bits per heavy atom. The number of hydrogen-bond donors (Lipinski definition) is 5. The molecule has 1 unspecified atom stereocenters. The third-order valence-electron chi connectivity index (χ3n) is 2.54. The number of likely N-dealkylation sites (N-methyl/N-ethyl adjacent to an activating group) is 1. The average molecular weight is 264 g/mol. The molecule has 2 aromatic rings. The number of amides is 1. The van der Waals surface area contributed by atoms with Crippen molar-refractivity contribution in [3.63, 3.8) is 0 Å². The van der Waals surface area contributed by atoms with Crippen LogP contribution in [0.4, 0.5) is 11.8 Å². The number of nitrogens with one attached hydrogen (secondary N) is 4. The smallest absolute Gasteiger partial charge is 0.242 e. The first-order chi connectivity index (χ1) is 9.15. The molecule has 0 bridgehead atoms. The van der Waals surface area contributed by atoms with Crippen molar-refractivity contribution < 1.29 is 4.79 Å². The molecule has 0 radical (unpaired) electrons. The highest BCUT2D eigenvalue weighted by Crippen LogP contribution is 2.20. The topological polar surface area (TPSA) is 134 Å². The summed E-state index contributed by atoms with van der Waals surface area (Å²) in [5.74, 6) is 5.92. The van der Waals surface area contributed by atoms with Crippen LogP contribution in [0.25, 0.3) is 11.0 Å². The van der Waals surface area contributed by atoms with Gasteiger partial charge in [0.05, 0.1) is 11.6 Å². The fraction of sp³-hybridized carbons (Fsp3) is 0.400. The number of rotatable bonds is 5. The van der Waals surface area contributed by atoms with E-state index in [-0.39, 0.29) is 11.9 Å². The van der Waals surface area contributed by atoms with Crippen LogP contribution < -0.4 is 21.9 Å². The van der Waals surface area contributed by atoms with Gasteiger partial charge in [-0.25, -0.2) is 5.84 Å². The molecule has 0 aliphatic rings. The Morgan fingerprint density at radius 3 is 3.00 bits per heavy atom. The third-order valence-corrected chi connectivity index (χ3v) is 2.54. The summed E-state index contributed by atoms with van der Waals surface area (Å²) < 4.78 is 0. The van der Waals surface area contributed by atoms with E-state index in [2.05, 4.69) is 36.2 Å². The molecule has 1 amide bonds. The molecule has 6 N–H and O–H groups in total. The summed E-state index contributed by atoms with van der Waals surface area (Å²) in [7, 11) is 0. The van der Waals surface area contributed by atoms with Gasteiger partial charge in [0.15, 0.2) is 5.65 Å². The third kappa shape index (κ3) is 2.71. The number of carbonyl (C=O) groups is 1. The van der Waals surface area contributed by atoms with Crippen molar-refractivity contribution in [1.29, 1.82) is 0 Å². The second-order valence-electron chi connectivity index (χ2n) is 3.93. The maximum Gasteiger partial charge on any atom is 0.242 e. The van der Waals surface area contributed by atoms with Gasteiger partial charge in [0.2, 0.25) is 11.9 Å². The minimum absolute atomic E-state index is 0.111. The number of aromatic nitrogens is 4. The lowest BCUT2D eigenvalue weighted by Crippen LogP contribution is -2.37. The molecule has 0 aliphatic heterocycles. The number of nitrogen functional groups attached to an aromatic ring is 1. The number of nitrogens with two attached hydrogens (primary N) is 1. The van der Waals surface area contributed by atoms with E-state index in [9.17, 15) is 4.79 Å². The van der Waals surface area contributed by atoms with Crippen molar-refractivity contribution in [2.75, 3.05) is 17.3 Å². The zero-order valence-electron chi connectivity index (χ0n) is 10.7. The van der Waals surface area contributed by atoms with Crippen LogP contribution in [0.15, 0.2) is 6.20 Å². The van der Waals surface area contributed by atoms with Gasteiger partial charge < -0.3 is 10.6 Å². The summed E-state index contributed by atoms with van der Waals surface area (Å²) in [5, 5.41) is 13.0. The standard InChI is InChI=1S/C10H16N8O/c1-3-12-9(19)5(2)14-7-6-4-13-18-8(6)16-10(15-7)17-11/h4-5H,3,11H2,1-2H3,(H,12,19)(H3,13,14,15,16,17,18). The van der Waals surface area contributed by atoms with Crippen molar-refractivity contribution in [2.45, 2.75) is 19.9 Å². The second-order valence-corrected chi connectivity index (χ2v) is 3.93. The Morgan fingerprint density at radius 1 is 1.53 bits per heavy atom. The lowest BCUT2D eigenvalue weighted by atomic mass is 10.3. The molecule has 102 valence electrons. The number of aromatic amines is 1. The number of anilines is 2. The molecule has 2 aromatic heterocycles. The van der Waals surface area contributed by atoms with Crippen LogP contribution in [0.2, 0.25) is 0 Å². The summed E-state index contributed by atoms with van der Waals surface area (Å²) in [6.45, 7) is 4.18. The summed E-state index contributed by atoms with van der Waals surface area (Å²) in [4.78, 5) is 20.0. The maximum atomic E-state index is 11.7. The monoisotopic (exact) mass is 264 g/mol. The summed E-state index contributed by atoms with van der Waals surface area (Å²) in [6.07, 6.45) is 1.59. The van der Waals surface area contributed by atoms with Crippen molar-refractivity contribution in [3.05, 3.63) is 6.20 Å². The van der Waals surface area contributed by atoms with Crippen molar-refractivity contribution >= 4 is 28.7 Å². The first-order valence-electron chi connectivity index (χ1n) is 5.87. The largest absolute Gasteiger partial charge is 0.358 e.